The van der Waals surface area contributed by atoms with Crippen molar-refractivity contribution in [2.24, 2.45) is 0 Å². The molecule has 2 amide bonds. The van der Waals surface area contributed by atoms with Gasteiger partial charge in [0.25, 0.3) is 0 Å². The fourth-order valence-corrected chi connectivity index (χ4v) is 3.80. The number of nitrogens with one attached hydrogen (secondary N) is 1. The number of rotatable bonds is 11. The average Bonchev–Trinajstić information content (AvgIpc) is 2.75. The van der Waals surface area contributed by atoms with Crippen LogP contribution in [0.1, 0.15) is 44.2 Å². The van der Waals surface area contributed by atoms with Crippen molar-refractivity contribution < 1.29 is 14.3 Å². The fraction of sp³-hybridized carbons (Fsp3) is 0.417. The Labute approximate surface area is 194 Å². The van der Waals surface area contributed by atoms with Crippen LogP contribution in [-0.2, 0) is 22.6 Å². The van der Waals surface area contributed by atoms with Crippen LogP contribution in [0.2, 0.25) is 10.0 Å². The lowest BCUT2D eigenvalue weighted by Gasteiger charge is -2.31. The van der Waals surface area contributed by atoms with Crippen LogP contribution in [0.25, 0.3) is 0 Å². The van der Waals surface area contributed by atoms with Gasteiger partial charge >= 0.3 is 0 Å². The van der Waals surface area contributed by atoms with E-state index in [9.17, 15) is 9.59 Å². The van der Waals surface area contributed by atoms with Crippen molar-refractivity contribution in [1.82, 2.24) is 10.2 Å². The Bertz CT molecular complexity index is 889. The summed E-state index contributed by atoms with van der Waals surface area (Å²) in [7, 11) is 1.60. The first kappa shape index (κ1) is 25.0. The smallest absolute Gasteiger partial charge is 0.242 e. The highest BCUT2D eigenvalue weighted by Gasteiger charge is 2.29. The second-order valence-electron chi connectivity index (χ2n) is 7.35. The van der Waals surface area contributed by atoms with Crippen LogP contribution >= 0.6 is 23.2 Å². The Morgan fingerprint density at radius 3 is 2.55 bits per heavy atom. The van der Waals surface area contributed by atoms with E-state index in [-0.39, 0.29) is 18.2 Å². The maximum absolute atomic E-state index is 13.4. The number of nitrogens with zero attached hydrogens (tertiary/aromatic N) is 1. The molecule has 0 fully saturated rings. The molecular weight excluding hydrogens is 435 g/mol. The van der Waals surface area contributed by atoms with Crippen molar-refractivity contribution in [3.63, 3.8) is 0 Å². The number of unbranched alkanes of at least 4 members (excludes halogenated alkanes) is 1. The van der Waals surface area contributed by atoms with E-state index in [2.05, 4.69) is 12.2 Å². The van der Waals surface area contributed by atoms with Crippen LogP contribution in [0.4, 0.5) is 0 Å². The first-order valence-electron chi connectivity index (χ1n) is 10.5. The Kier molecular flexibility index (Phi) is 10.2. The Morgan fingerprint density at radius 1 is 1.13 bits per heavy atom. The average molecular weight is 465 g/mol. The van der Waals surface area contributed by atoms with E-state index in [1.165, 1.54) is 0 Å². The molecule has 0 unspecified atom stereocenters. The first-order chi connectivity index (χ1) is 14.9. The van der Waals surface area contributed by atoms with Crippen LogP contribution in [0.3, 0.4) is 0 Å². The highest BCUT2D eigenvalue weighted by atomic mass is 35.5. The zero-order valence-corrected chi connectivity index (χ0v) is 19.8. The van der Waals surface area contributed by atoms with Crippen molar-refractivity contribution in [2.45, 2.75) is 52.1 Å². The summed E-state index contributed by atoms with van der Waals surface area (Å²) in [5, 5.41) is 3.90. The van der Waals surface area contributed by atoms with Gasteiger partial charge in [0, 0.05) is 23.1 Å². The predicted octanol–water partition coefficient (Wildman–Crippen LogP) is 5.27. The van der Waals surface area contributed by atoms with E-state index >= 15 is 0 Å². The SMILES string of the molecule is CCCCNC(=O)[C@H](CC)N(Cc1cccc(OC)c1)C(=O)Cc1ccc(Cl)cc1Cl. The molecule has 0 aromatic heterocycles. The standard InChI is InChI=1S/C24H30Cl2N2O3/c1-4-6-12-27-24(30)22(5-2)28(16-17-8-7-9-20(13-17)31-3)23(29)14-18-10-11-19(25)15-21(18)26/h7-11,13,15,22H,4-6,12,14,16H2,1-3H3,(H,27,30)/t22-/m0/s1. The van der Waals surface area contributed by atoms with Crippen molar-refractivity contribution in [2.75, 3.05) is 13.7 Å². The van der Waals surface area contributed by atoms with Crippen LogP contribution in [0, 0.1) is 0 Å². The number of hydrogen-bond donors (Lipinski definition) is 1. The Hall–Kier alpha value is -2.24. The van der Waals surface area contributed by atoms with Crippen LogP contribution in [0.5, 0.6) is 5.75 Å². The molecule has 1 atom stereocenters. The molecule has 168 valence electrons. The second-order valence-corrected chi connectivity index (χ2v) is 8.20. The third-order valence-corrected chi connectivity index (χ3v) is 5.65. The van der Waals surface area contributed by atoms with Gasteiger partial charge in [0.15, 0.2) is 0 Å². The van der Waals surface area contributed by atoms with E-state index in [1.54, 1.807) is 30.2 Å². The molecule has 2 aromatic carbocycles. The van der Waals surface area contributed by atoms with Crippen molar-refractivity contribution in [3.05, 3.63) is 63.6 Å². The number of ether oxygens (including phenoxy) is 1. The molecule has 0 aliphatic heterocycles. The van der Waals surface area contributed by atoms with Crippen LogP contribution < -0.4 is 10.1 Å². The minimum Gasteiger partial charge on any atom is -0.497 e. The van der Waals surface area contributed by atoms with Gasteiger partial charge < -0.3 is 15.0 Å². The lowest BCUT2D eigenvalue weighted by atomic mass is 10.1. The zero-order chi connectivity index (χ0) is 22.8. The number of amides is 2. The van der Waals surface area contributed by atoms with Gasteiger partial charge in [0.05, 0.1) is 13.5 Å². The van der Waals surface area contributed by atoms with Gasteiger partial charge in [-0.15, -0.1) is 0 Å². The van der Waals surface area contributed by atoms with E-state index in [0.29, 0.717) is 40.9 Å². The second kappa shape index (κ2) is 12.6. The molecule has 0 saturated carbocycles. The number of methoxy groups -OCH3 is 1. The highest BCUT2D eigenvalue weighted by molar-refractivity contribution is 6.35. The molecular formula is C24H30Cl2N2O3. The molecule has 0 aliphatic carbocycles. The molecule has 0 spiro atoms. The molecule has 0 bridgehead atoms. The Morgan fingerprint density at radius 2 is 1.90 bits per heavy atom. The summed E-state index contributed by atoms with van der Waals surface area (Å²) >= 11 is 12.3. The predicted molar refractivity (Wildman–Crippen MR) is 126 cm³/mol. The summed E-state index contributed by atoms with van der Waals surface area (Å²) in [5.41, 5.74) is 1.56. The molecule has 0 saturated heterocycles. The molecule has 2 rings (SSSR count). The molecule has 0 heterocycles. The first-order valence-corrected chi connectivity index (χ1v) is 11.3. The van der Waals surface area contributed by atoms with Crippen LogP contribution in [-0.4, -0.2) is 36.4 Å². The summed E-state index contributed by atoms with van der Waals surface area (Å²) < 4.78 is 5.31. The molecule has 0 radical (unpaired) electrons. The summed E-state index contributed by atoms with van der Waals surface area (Å²) in [6.07, 6.45) is 2.46. The Balaban J connectivity index is 2.30. The summed E-state index contributed by atoms with van der Waals surface area (Å²) in [6.45, 7) is 4.86. The molecule has 7 heteroatoms. The van der Waals surface area contributed by atoms with Crippen molar-refractivity contribution >= 4 is 35.0 Å². The number of halogens is 2. The van der Waals surface area contributed by atoms with E-state index < -0.39 is 6.04 Å². The minimum absolute atomic E-state index is 0.0821. The van der Waals surface area contributed by atoms with Crippen molar-refractivity contribution in [1.29, 1.82) is 0 Å². The van der Waals surface area contributed by atoms with E-state index in [4.69, 9.17) is 27.9 Å². The van der Waals surface area contributed by atoms with Crippen LogP contribution in [0.15, 0.2) is 42.5 Å². The number of carbonyl (C=O) groups is 2. The lowest BCUT2D eigenvalue weighted by Crippen LogP contribution is -2.49. The van der Waals surface area contributed by atoms with Gasteiger partial charge in [0.2, 0.25) is 11.8 Å². The largest absolute Gasteiger partial charge is 0.497 e. The summed E-state index contributed by atoms with van der Waals surface area (Å²) in [4.78, 5) is 27.9. The van der Waals surface area contributed by atoms with Crippen molar-refractivity contribution in [3.8, 4) is 5.75 Å². The fourth-order valence-electron chi connectivity index (χ4n) is 3.32. The van der Waals surface area contributed by atoms with Gasteiger partial charge in [-0.25, -0.2) is 0 Å². The molecule has 5 nitrogen and oxygen atoms in total. The quantitative estimate of drug-likeness (QED) is 0.460. The highest BCUT2D eigenvalue weighted by Crippen LogP contribution is 2.23. The normalized spacial score (nSPS) is 11.6. The third kappa shape index (κ3) is 7.44. The molecule has 2 aromatic rings. The maximum atomic E-state index is 13.4. The number of benzene rings is 2. The topological polar surface area (TPSA) is 58.6 Å². The monoisotopic (exact) mass is 464 g/mol. The van der Waals surface area contributed by atoms with Gasteiger partial charge in [-0.2, -0.15) is 0 Å². The van der Waals surface area contributed by atoms with Gasteiger partial charge in [-0.3, -0.25) is 9.59 Å². The van der Waals surface area contributed by atoms with E-state index in [1.807, 2.05) is 31.2 Å². The zero-order valence-electron chi connectivity index (χ0n) is 18.3. The number of hydrogen-bond acceptors (Lipinski definition) is 3. The molecule has 1 N–H and O–H groups in total. The molecule has 31 heavy (non-hydrogen) atoms. The minimum atomic E-state index is -0.582. The maximum Gasteiger partial charge on any atom is 0.242 e. The van der Waals surface area contributed by atoms with Gasteiger partial charge in [-0.05, 0) is 48.2 Å². The van der Waals surface area contributed by atoms with Gasteiger partial charge in [0.1, 0.15) is 11.8 Å². The third-order valence-electron chi connectivity index (χ3n) is 5.06. The van der Waals surface area contributed by atoms with Gasteiger partial charge in [-0.1, -0.05) is 61.7 Å². The number of carbonyl (C=O) groups excluding carboxylic acids is 2. The van der Waals surface area contributed by atoms with E-state index in [0.717, 1.165) is 18.4 Å². The lowest BCUT2D eigenvalue weighted by molar-refractivity contribution is -0.140. The summed E-state index contributed by atoms with van der Waals surface area (Å²) in [5.74, 6) is 0.380. The molecule has 0 aliphatic rings. The summed E-state index contributed by atoms with van der Waals surface area (Å²) in [6, 6.07) is 12.0.